The van der Waals surface area contributed by atoms with Crippen molar-refractivity contribution in [1.29, 1.82) is 0 Å². The van der Waals surface area contributed by atoms with Crippen LogP contribution in [0.3, 0.4) is 0 Å². The summed E-state index contributed by atoms with van der Waals surface area (Å²) in [6, 6.07) is 15.6. The Morgan fingerprint density at radius 2 is 1.61 bits per heavy atom. The van der Waals surface area contributed by atoms with Gasteiger partial charge < -0.3 is 30.9 Å². The average Bonchev–Trinajstić information content (AvgIpc) is 3.19. The lowest BCUT2D eigenvalue weighted by Gasteiger charge is -2.34. The van der Waals surface area contributed by atoms with E-state index < -0.39 is 48.6 Å². The van der Waals surface area contributed by atoms with Crippen molar-refractivity contribution in [3.8, 4) is 5.75 Å². The number of rotatable bonds is 19. The zero-order valence-electron chi connectivity index (χ0n) is 32.4. The molecule has 0 saturated heterocycles. The molecule has 1 aliphatic carbocycles. The van der Waals surface area contributed by atoms with Gasteiger partial charge in [-0.25, -0.2) is 4.98 Å². The van der Waals surface area contributed by atoms with Crippen LogP contribution >= 0.6 is 0 Å². The molecule has 1 saturated carbocycles. The maximum Gasteiger partial charge on any atom is 0.258 e. The number of amides is 4. The smallest absolute Gasteiger partial charge is 0.258 e. The first-order chi connectivity index (χ1) is 25.9. The number of hydrogen-bond acceptors (Lipinski definition) is 8. The Kier molecular flexibility index (Phi) is 16.2. The number of aromatic nitrogens is 1. The van der Waals surface area contributed by atoms with Gasteiger partial charge in [0.15, 0.2) is 6.61 Å². The SMILES string of the molecule is CC[C@H](C)[C@H](NC(=O)[C@@H](C[C@H](O)[C@H](CC1CCCCC1)NC(=O)[C@H](CO)NC(=O)COc1cccc2ccccc12)C(C)C)C(=O)N(C)c1ccccn1. The first kappa shape index (κ1) is 42.2. The summed E-state index contributed by atoms with van der Waals surface area (Å²) in [6.45, 7) is 6.63. The fourth-order valence-electron chi connectivity index (χ4n) is 7.20. The Hall–Kier alpha value is -4.55. The van der Waals surface area contributed by atoms with Crippen LogP contribution in [0.2, 0.25) is 0 Å². The van der Waals surface area contributed by atoms with Crippen molar-refractivity contribution in [2.24, 2.45) is 23.7 Å². The molecule has 1 fully saturated rings. The van der Waals surface area contributed by atoms with E-state index in [1.54, 1.807) is 37.5 Å². The summed E-state index contributed by atoms with van der Waals surface area (Å²) >= 11 is 0. The number of fused-ring (bicyclic) bond motifs is 1. The quantitative estimate of drug-likeness (QED) is 0.117. The zero-order valence-corrected chi connectivity index (χ0v) is 32.4. The first-order valence-electron chi connectivity index (χ1n) is 19.4. The lowest BCUT2D eigenvalue weighted by molar-refractivity contribution is -0.133. The van der Waals surface area contributed by atoms with E-state index in [1.165, 1.54) is 4.90 Å². The molecule has 0 radical (unpaired) electrons. The molecule has 1 aliphatic rings. The van der Waals surface area contributed by atoms with E-state index in [0.29, 0.717) is 24.4 Å². The highest BCUT2D eigenvalue weighted by Gasteiger charge is 2.36. The van der Waals surface area contributed by atoms with Crippen molar-refractivity contribution in [2.45, 2.75) is 103 Å². The van der Waals surface area contributed by atoms with E-state index in [0.717, 1.165) is 42.9 Å². The number of nitrogens with zero attached hydrogens (tertiary/aromatic N) is 2. The van der Waals surface area contributed by atoms with Gasteiger partial charge in [0, 0.05) is 24.5 Å². The molecule has 3 aromatic rings. The standard InChI is InChI=1S/C42H59N5O7/c1-6-28(4)39(42(53)47(5)37-21-12-13-22-43-37)46-40(51)32(27(2)3)24-35(49)33(23-29-15-8-7-9-16-29)45-41(52)34(25-48)44-38(50)26-54-36-20-14-18-30-17-10-11-19-31(30)36/h10-14,17-22,27-29,32-35,39,48-49H,6-9,15-16,23-26H2,1-5H3,(H,44,50)(H,45,52)(H,46,51)/t28-,32-,33-,34-,35-,39-/m0/s1. The Balaban J connectivity index is 1.44. The molecule has 0 unspecified atom stereocenters. The normalized spacial score (nSPS) is 16.7. The van der Waals surface area contributed by atoms with Crippen molar-refractivity contribution < 1.29 is 34.1 Å². The highest BCUT2D eigenvalue weighted by Crippen LogP contribution is 2.30. The van der Waals surface area contributed by atoms with Gasteiger partial charge in [0.05, 0.1) is 18.8 Å². The molecule has 0 spiro atoms. The van der Waals surface area contributed by atoms with Crippen LogP contribution in [0, 0.1) is 23.7 Å². The van der Waals surface area contributed by atoms with Gasteiger partial charge in [0.2, 0.25) is 11.8 Å². The number of hydrogen-bond donors (Lipinski definition) is 5. The van der Waals surface area contributed by atoms with E-state index in [1.807, 2.05) is 64.1 Å². The summed E-state index contributed by atoms with van der Waals surface area (Å²) in [4.78, 5) is 59.9. The lowest BCUT2D eigenvalue weighted by Crippen LogP contribution is -2.56. The maximum absolute atomic E-state index is 14.0. The second-order valence-electron chi connectivity index (χ2n) is 15.0. The number of carbonyl (C=O) groups is 4. The molecule has 12 nitrogen and oxygen atoms in total. The molecule has 54 heavy (non-hydrogen) atoms. The number of likely N-dealkylation sites (N-methyl/N-ethyl adjacent to an activating group) is 1. The summed E-state index contributed by atoms with van der Waals surface area (Å²) in [5, 5.41) is 32.2. The number of aliphatic hydroxyl groups is 2. The summed E-state index contributed by atoms with van der Waals surface area (Å²) < 4.78 is 5.78. The van der Waals surface area contributed by atoms with Crippen molar-refractivity contribution in [3.63, 3.8) is 0 Å². The second-order valence-corrected chi connectivity index (χ2v) is 15.0. The third-order valence-electron chi connectivity index (χ3n) is 10.8. The van der Waals surface area contributed by atoms with Crippen molar-refractivity contribution in [2.75, 3.05) is 25.2 Å². The highest BCUT2D eigenvalue weighted by molar-refractivity contribution is 5.98. The number of carbonyl (C=O) groups excluding carboxylic acids is 4. The predicted octanol–water partition coefficient (Wildman–Crippen LogP) is 4.76. The summed E-state index contributed by atoms with van der Waals surface area (Å²) in [5.41, 5.74) is 0. The number of ether oxygens (including phenoxy) is 1. The third kappa shape index (κ3) is 11.7. The van der Waals surface area contributed by atoms with Gasteiger partial charge in [-0.05, 0) is 54.2 Å². The van der Waals surface area contributed by atoms with E-state index >= 15 is 0 Å². The number of anilines is 1. The molecule has 1 heterocycles. The summed E-state index contributed by atoms with van der Waals surface area (Å²) in [6.07, 6.45) is 6.83. The minimum absolute atomic E-state index is 0.0354. The first-order valence-corrected chi connectivity index (χ1v) is 19.4. The molecule has 5 N–H and O–H groups in total. The highest BCUT2D eigenvalue weighted by atomic mass is 16.5. The fraction of sp³-hybridized carbons (Fsp3) is 0.548. The van der Waals surface area contributed by atoms with E-state index in [2.05, 4.69) is 20.9 Å². The van der Waals surface area contributed by atoms with Crippen LogP contribution in [0.4, 0.5) is 5.82 Å². The maximum atomic E-state index is 14.0. The molecular formula is C42H59N5O7. The van der Waals surface area contributed by atoms with Crippen LogP contribution in [0.5, 0.6) is 5.75 Å². The van der Waals surface area contributed by atoms with Crippen molar-refractivity contribution in [1.82, 2.24) is 20.9 Å². The monoisotopic (exact) mass is 745 g/mol. The van der Waals surface area contributed by atoms with Crippen LogP contribution in [-0.4, -0.2) is 83.3 Å². The van der Waals surface area contributed by atoms with E-state index in [4.69, 9.17) is 4.74 Å². The van der Waals surface area contributed by atoms with Crippen molar-refractivity contribution in [3.05, 3.63) is 66.9 Å². The molecule has 294 valence electrons. The molecule has 0 aliphatic heterocycles. The second kappa shape index (κ2) is 20.8. The van der Waals surface area contributed by atoms with Crippen molar-refractivity contribution >= 4 is 40.2 Å². The molecule has 6 atom stereocenters. The van der Waals surface area contributed by atoms with Crippen LogP contribution in [-0.2, 0) is 19.2 Å². The van der Waals surface area contributed by atoms with Crippen LogP contribution < -0.4 is 25.6 Å². The molecule has 4 rings (SSSR count). The van der Waals surface area contributed by atoms with Crippen LogP contribution in [0.15, 0.2) is 66.9 Å². The van der Waals surface area contributed by atoms with Crippen LogP contribution in [0.25, 0.3) is 10.8 Å². The Morgan fingerprint density at radius 1 is 0.907 bits per heavy atom. The van der Waals surface area contributed by atoms with E-state index in [9.17, 15) is 29.4 Å². The van der Waals surface area contributed by atoms with Gasteiger partial charge >= 0.3 is 0 Å². The van der Waals surface area contributed by atoms with E-state index in [-0.39, 0.29) is 42.6 Å². The number of nitrogens with one attached hydrogen (secondary N) is 3. The zero-order chi connectivity index (χ0) is 39.2. The minimum atomic E-state index is -1.28. The van der Waals surface area contributed by atoms with Gasteiger partial charge in [-0.15, -0.1) is 0 Å². The molecule has 1 aromatic heterocycles. The van der Waals surface area contributed by atoms with Crippen LogP contribution in [0.1, 0.15) is 79.1 Å². The lowest BCUT2D eigenvalue weighted by atomic mass is 9.81. The van der Waals surface area contributed by atoms with Gasteiger partial charge in [0.1, 0.15) is 23.7 Å². The largest absolute Gasteiger partial charge is 0.483 e. The number of aliphatic hydroxyl groups excluding tert-OH is 2. The van der Waals surface area contributed by atoms with Gasteiger partial charge in [0.25, 0.3) is 11.8 Å². The topological polar surface area (TPSA) is 170 Å². The number of pyridine rings is 1. The molecule has 4 amide bonds. The molecular weight excluding hydrogens is 686 g/mol. The van der Waals surface area contributed by atoms with Gasteiger partial charge in [-0.1, -0.05) is 109 Å². The number of benzene rings is 2. The molecule has 12 heteroatoms. The Labute approximate surface area is 319 Å². The Bertz CT molecular complexity index is 1660. The average molecular weight is 746 g/mol. The third-order valence-corrected chi connectivity index (χ3v) is 10.8. The van der Waals surface area contributed by atoms with Gasteiger partial charge in [-0.3, -0.25) is 24.1 Å². The Morgan fingerprint density at radius 3 is 2.28 bits per heavy atom. The fourth-order valence-corrected chi connectivity index (χ4v) is 7.20. The summed E-state index contributed by atoms with van der Waals surface area (Å²) in [5.74, 6) is -1.67. The molecule has 2 aromatic carbocycles. The summed E-state index contributed by atoms with van der Waals surface area (Å²) in [7, 11) is 1.63. The minimum Gasteiger partial charge on any atom is -0.483 e. The van der Waals surface area contributed by atoms with Gasteiger partial charge in [-0.2, -0.15) is 0 Å². The predicted molar refractivity (Wildman–Crippen MR) is 210 cm³/mol. The molecule has 0 bridgehead atoms.